The lowest BCUT2D eigenvalue weighted by Crippen LogP contribution is -2.14. The maximum atomic E-state index is 12.8. The predicted molar refractivity (Wildman–Crippen MR) is 115 cm³/mol. The summed E-state index contributed by atoms with van der Waals surface area (Å²) in [4.78, 5) is 20.1. The Balaban J connectivity index is 1.56. The van der Waals surface area contributed by atoms with Crippen molar-refractivity contribution in [1.29, 1.82) is 0 Å². The van der Waals surface area contributed by atoms with Crippen molar-refractivity contribution in [3.63, 3.8) is 0 Å². The van der Waals surface area contributed by atoms with Gasteiger partial charge in [-0.2, -0.15) is 0 Å². The summed E-state index contributed by atoms with van der Waals surface area (Å²) in [6.07, 6.45) is 1.52. The van der Waals surface area contributed by atoms with E-state index in [9.17, 15) is 13.2 Å². The second-order valence-corrected chi connectivity index (χ2v) is 9.10. The van der Waals surface area contributed by atoms with Gasteiger partial charge >= 0.3 is 0 Å². The molecular formula is C20H18N4O3S2. The number of aryl methyl sites for hydroxylation is 2. The lowest BCUT2D eigenvalue weighted by atomic mass is 10.1. The number of rotatable bonds is 5. The first-order valence-electron chi connectivity index (χ1n) is 8.77. The first-order chi connectivity index (χ1) is 13.8. The third-order valence-corrected chi connectivity index (χ3v) is 6.82. The number of benzene rings is 2. The molecule has 0 radical (unpaired) electrons. The first kappa shape index (κ1) is 19.2. The summed E-state index contributed by atoms with van der Waals surface area (Å²) >= 11 is 1.20. The van der Waals surface area contributed by atoms with E-state index in [-0.39, 0.29) is 10.8 Å². The third-order valence-electron chi connectivity index (χ3n) is 4.65. The van der Waals surface area contributed by atoms with Gasteiger partial charge in [-0.25, -0.2) is 13.4 Å². The van der Waals surface area contributed by atoms with Crippen molar-refractivity contribution in [3.05, 3.63) is 70.9 Å². The number of anilines is 2. The maximum Gasteiger partial charge on any atom is 0.263 e. The van der Waals surface area contributed by atoms with E-state index in [0.717, 1.165) is 22.2 Å². The van der Waals surface area contributed by atoms with Gasteiger partial charge in [-0.15, -0.1) is 11.3 Å². The number of sulfonamides is 1. The highest BCUT2D eigenvalue weighted by Crippen LogP contribution is 2.26. The van der Waals surface area contributed by atoms with E-state index < -0.39 is 10.0 Å². The molecule has 4 aromatic rings. The standard InChI is InChI=1S/C20H18N4O3S2/c1-12-13(2)22-17-5-3-4-16(18(12)17)19(25)23-14-6-8-15(9-7-14)29(26,27)24-20-21-10-11-28-20/h3-11,22H,1-2H3,(H,21,24)(H,23,25). The second kappa shape index (κ2) is 7.34. The molecule has 0 unspecified atom stereocenters. The molecule has 0 saturated carbocycles. The molecule has 1 amide bonds. The number of aromatic amines is 1. The van der Waals surface area contributed by atoms with Gasteiger partial charge in [-0.3, -0.25) is 9.52 Å². The van der Waals surface area contributed by atoms with E-state index in [0.29, 0.717) is 16.4 Å². The SMILES string of the molecule is Cc1[nH]c2cccc(C(=O)Nc3ccc(S(=O)(=O)Nc4nccs4)cc3)c2c1C. The summed E-state index contributed by atoms with van der Waals surface area (Å²) in [7, 11) is -3.73. The number of amides is 1. The Morgan fingerprint density at radius 3 is 2.55 bits per heavy atom. The van der Waals surface area contributed by atoms with Crippen molar-refractivity contribution in [1.82, 2.24) is 9.97 Å². The molecule has 29 heavy (non-hydrogen) atoms. The van der Waals surface area contributed by atoms with Crippen molar-refractivity contribution in [2.24, 2.45) is 0 Å². The summed E-state index contributed by atoms with van der Waals surface area (Å²) in [5.74, 6) is -0.255. The van der Waals surface area contributed by atoms with Crippen molar-refractivity contribution in [2.75, 3.05) is 10.0 Å². The van der Waals surface area contributed by atoms with E-state index in [1.54, 1.807) is 23.6 Å². The van der Waals surface area contributed by atoms with Crippen LogP contribution in [0.2, 0.25) is 0 Å². The van der Waals surface area contributed by atoms with E-state index in [4.69, 9.17) is 0 Å². The van der Waals surface area contributed by atoms with Crippen LogP contribution in [0.25, 0.3) is 10.9 Å². The number of aromatic nitrogens is 2. The lowest BCUT2D eigenvalue weighted by molar-refractivity contribution is 0.102. The zero-order valence-electron chi connectivity index (χ0n) is 15.7. The summed E-state index contributed by atoms with van der Waals surface area (Å²) < 4.78 is 27.2. The number of hydrogen-bond donors (Lipinski definition) is 3. The van der Waals surface area contributed by atoms with Crippen LogP contribution in [0.3, 0.4) is 0 Å². The molecular weight excluding hydrogens is 408 g/mol. The minimum absolute atomic E-state index is 0.0879. The molecule has 0 fully saturated rings. The first-order valence-corrected chi connectivity index (χ1v) is 11.1. The Hall–Kier alpha value is -3.17. The molecule has 0 aliphatic rings. The van der Waals surface area contributed by atoms with Crippen LogP contribution in [-0.4, -0.2) is 24.3 Å². The van der Waals surface area contributed by atoms with Crippen molar-refractivity contribution < 1.29 is 13.2 Å². The van der Waals surface area contributed by atoms with E-state index in [2.05, 4.69) is 20.0 Å². The largest absolute Gasteiger partial charge is 0.358 e. The van der Waals surface area contributed by atoms with Crippen LogP contribution in [0.5, 0.6) is 0 Å². The van der Waals surface area contributed by atoms with Crippen LogP contribution >= 0.6 is 11.3 Å². The molecule has 0 atom stereocenters. The smallest absolute Gasteiger partial charge is 0.263 e. The van der Waals surface area contributed by atoms with Crippen LogP contribution < -0.4 is 10.0 Å². The lowest BCUT2D eigenvalue weighted by Gasteiger charge is -2.09. The van der Waals surface area contributed by atoms with Crippen LogP contribution in [-0.2, 0) is 10.0 Å². The Labute approximate surface area is 171 Å². The summed E-state index contributed by atoms with van der Waals surface area (Å²) in [6, 6.07) is 11.5. The van der Waals surface area contributed by atoms with E-state index in [1.165, 1.54) is 29.7 Å². The van der Waals surface area contributed by atoms with Crippen molar-refractivity contribution >= 4 is 49.0 Å². The second-order valence-electron chi connectivity index (χ2n) is 6.52. The Morgan fingerprint density at radius 2 is 1.86 bits per heavy atom. The number of hydrogen-bond acceptors (Lipinski definition) is 5. The molecule has 4 rings (SSSR count). The van der Waals surface area contributed by atoms with Crippen LogP contribution in [0.4, 0.5) is 10.8 Å². The average molecular weight is 427 g/mol. The van der Waals surface area contributed by atoms with Gasteiger partial charge in [0.05, 0.1) is 4.90 Å². The van der Waals surface area contributed by atoms with Crippen LogP contribution in [0, 0.1) is 13.8 Å². The van der Waals surface area contributed by atoms with Gasteiger partial charge in [-0.05, 0) is 55.8 Å². The molecule has 9 heteroatoms. The highest BCUT2D eigenvalue weighted by atomic mass is 32.2. The number of H-pyrrole nitrogens is 1. The van der Waals surface area contributed by atoms with Crippen LogP contribution in [0.15, 0.2) is 58.9 Å². The average Bonchev–Trinajstić information content (AvgIpc) is 3.29. The number of carbonyl (C=O) groups is 1. The molecule has 0 aliphatic heterocycles. The molecule has 148 valence electrons. The van der Waals surface area contributed by atoms with Gasteiger partial charge in [0.15, 0.2) is 5.13 Å². The fourth-order valence-corrected chi connectivity index (χ4v) is 4.89. The molecule has 0 spiro atoms. The quantitative estimate of drug-likeness (QED) is 0.443. The van der Waals surface area contributed by atoms with Crippen molar-refractivity contribution in [2.45, 2.75) is 18.7 Å². The molecule has 0 aliphatic carbocycles. The van der Waals surface area contributed by atoms with Gasteiger partial charge in [0.25, 0.3) is 15.9 Å². The topological polar surface area (TPSA) is 104 Å². The van der Waals surface area contributed by atoms with E-state index >= 15 is 0 Å². The van der Waals surface area contributed by atoms with Gasteiger partial charge in [0.2, 0.25) is 0 Å². The number of thiazole rings is 1. The normalized spacial score (nSPS) is 11.5. The zero-order valence-corrected chi connectivity index (χ0v) is 17.3. The van der Waals surface area contributed by atoms with Crippen molar-refractivity contribution in [3.8, 4) is 0 Å². The molecule has 0 saturated heterocycles. The van der Waals surface area contributed by atoms with Gasteiger partial charge in [0, 0.05) is 39.4 Å². The van der Waals surface area contributed by atoms with Gasteiger partial charge < -0.3 is 10.3 Å². The zero-order chi connectivity index (χ0) is 20.6. The number of fused-ring (bicyclic) bond motifs is 1. The fourth-order valence-electron chi connectivity index (χ4n) is 3.10. The molecule has 0 bridgehead atoms. The Morgan fingerprint density at radius 1 is 1.10 bits per heavy atom. The molecule has 3 N–H and O–H groups in total. The summed E-state index contributed by atoms with van der Waals surface area (Å²) in [5.41, 5.74) is 4.02. The van der Waals surface area contributed by atoms with Crippen LogP contribution in [0.1, 0.15) is 21.6 Å². The Bertz CT molecular complexity index is 1290. The van der Waals surface area contributed by atoms with E-state index in [1.807, 2.05) is 26.0 Å². The molecule has 2 aromatic heterocycles. The predicted octanol–water partition coefficient (Wildman–Crippen LogP) is 4.29. The summed E-state index contributed by atoms with van der Waals surface area (Å²) in [5, 5.41) is 5.70. The number of nitrogens with one attached hydrogen (secondary N) is 3. The molecule has 7 nitrogen and oxygen atoms in total. The Kier molecular flexibility index (Phi) is 4.85. The highest BCUT2D eigenvalue weighted by Gasteiger charge is 2.17. The minimum atomic E-state index is -3.73. The minimum Gasteiger partial charge on any atom is -0.358 e. The van der Waals surface area contributed by atoms with Gasteiger partial charge in [0.1, 0.15) is 0 Å². The number of carbonyl (C=O) groups excluding carboxylic acids is 1. The monoisotopic (exact) mass is 426 g/mol. The molecule has 2 aromatic carbocycles. The highest BCUT2D eigenvalue weighted by molar-refractivity contribution is 7.93. The third kappa shape index (κ3) is 3.74. The maximum absolute atomic E-state index is 12.8. The summed E-state index contributed by atoms with van der Waals surface area (Å²) in [6.45, 7) is 3.94. The number of nitrogens with zero attached hydrogens (tertiary/aromatic N) is 1. The van der Waals surface area contributed by atoms with Gasteiger partial charge in [-0.1, -0.05) is 6.07 Å². The fraction of sp³-hybridized carbons (Fsp3) is 0.100. The molecule has 2 heterocycles.